The second kappa shape index (κ2) is 7.71. The summed E-state index contributed by atoms with van der Waals surface area (Å²) in [6.07, 6.45) is 0. The van der Waals surface area contributed by atoms with Gasteiger partial charge in [-0.2, -0.15) is 0 Å². The summed E-state index contributed by atoms with van der Waals surface area (Å²) in [6, 6.07) is 12.6. The molecule has 0 aliphatic carbocycles. The van der Waals surface area contributed by atoms with Gasteiger partial charge in [-0.05, 0) is 42.8 Å². The molecule has 2 aromatic carbocycles. The number of nitrogens with one attached hydrogen (secondary N) is 1. The van der Waals surface area contributed by atoms with Crippen LogP contribution in [0.15, 0.2) is 42.5 Å². The minimum absolute atomic E-state index is 0.235. The van der Waals surface area contributed by atoms with Crippen molar-refractivity contribution in [3.05, 3.63) is 58.6 Å². The number of halogens is 1. The van der Waals surface area contributed by atoms with Gasteiger partial charge in [0.25, 0.3) is 5.91 Å². The zero-order chi connectivity index (χ0) is 15.9. The van der Waals surface area contributed by atoms with Crippen molar-refractivity contribution in [2.75, 3.05) is 13.7 Å². The third-order valence-corrected chi connectivity index (χ3v) is 3.30. The molecule has 0 radical (unpaired) electrons. The first-order valence-corrected chi connectivity index (χ1v) is 7.35. The number of carbonyl (C=O) groups is 1. The van der Waals surface area contributed by atoms with E-state index in [-0.39, 0.29) is 5.91 Å². The molecule has 22 heavy (non-hydrogen) atoms. The summed E-state index contributed by atoms with van der Waals surface area (Å²) in [5, 5.41) is 3.34. The molecule has 0 heterocycles. The predicted molar refractivity (Wildman–Crippen MR) is 86.8 cm³/mol. The van der Waals surface area contributed by atoms with Gasteiger partial charge in [-0.15, -0.1) is 0 Å². The molecule has 1 N–H and O–H groups in total. The lowest BCUT2D eigenvalue weighted by Crippen LogP contribution is -2.23. The zero-order valence-electron chi connectivity index (χ0n) is 12.6. The Morgan fingerprint density at radius 3 is 2.77 bits per heavy atom. The summed E-state index contributed by atoms with van der Waals surface area (Å²) < 4.78 is 10.6. The number of hydrogen-bond donors (Lipinski definition) is 1. The van der Waals surface area contributed by atoms with Crippen LogP contribution in [0.2, 0.25) is 5.02 Å². The predicted octanol–water partition coefficient (Wildman–Crippen LogP) is 3.68. The number of rotatable bonds is 6. The topological polar surface area (TPSA) is 47.6 Å². The first kappa shape index (κ1) is 16.2. The fourth-order valence-corrected chi connectivity index (χ4v) is 2.22. The standard InChI is InChI=1S/C17H18ClNO3/c1-3-22-14-6-4-5-12(9-14)11-19-17(20)15-10-13(18)7-8-16(15)21-2/h4-10H,3,11H2,1-2H3,(H,19,20). The minimum Gasteiger partial charge on any atom is -0.496 e. The Morgan fingerprint density at radius 1 is 1.23 bits per heavy atom. The molecule has 4 nitrogen and oxygen atoms in total. The molecule has 0 aliphatic heterocycles. The van der Waals surface area contributed by atoms with Crippen LogP contribution < -0.4 is 14.8 Å². The SMILES string of the molecule is CCOc1cccc(CNC(=O)c2cc(Cl)ccc2OC)c1. The van der Waals surface area contributed by atoms with Crippen molar-refractivity contribution in [3.8, 4) is 11.5 Å². The van der Waals surface area contributed by atoms with Crippen LogP contribution >= 0.6 is 11.6 Å². The van der Waals surface area contributed by atoms with Crippen molar-refractivity contribution in [2.45, 2.75) is 13.5 Å². The molecule has 0 unspecified atom stereocenters. The van der Waals surface area contributed by atoms with E-state index in [4.69, 9.17) is 21.1 Å². The monoisotopic (exact) mass is 319 g/mol. The normalized spacial score (nSPS) is 10.1. The second-order valence-corrected chi connectivity index (χ2v) is 5.04. The van der Waals surface area contributed by atoms with E-state index in [2.05, 4.69) is 5.32 Å². The van der Waals surface area contributed by atoms with Crippen LogP contribution in [0.3, 0.4) is 0 Å². The molecule has 0 fully saturated rings. The highest BCUT2D eigenvalue weighted by Gasteiger charge is 2.12. The zero-order valence-corrected chi connectivity index (χ0v) is 13.3. The van der Waals surface area contributed by atoms with Crippen molar-refractivity contribution in [1.29, 1.82) is 0 Å². The van der Waals surface area contributed by atoms with Gasteiger partial charge in [0.1, 0.15) is 11.5 Å². The number of amides is 1. The molecular weight excluding hydrogens is 302 g/mol. The van der Waals surface area contributed by atoms with Crippen molar-refractivity contribution in [3.63, 3.8) is 0 Å². The Kier molecular flexibility index (Phi) is 5.67. The van der Waals surface area contributed by atoms with Crippen LogP contribution in [0, 0.1) is 0 Å². The lowest BCUT2D eigenvalue weighted by Gasteiger charge is -2.10. The molecule has 0 atom stereocenters. The van der Waals surface area contributed by atoms with Crippen molar-refractivity contribution in [1.82, 2.24) is 5.32 Å². The van der Waals surface area contributed by atoms with Gasteiger partial charge < -0.3 is 14.8 Å². The summed E-state index contributed by atoms with van der Waals surface area (Å²) in [4.78, 5) is 12.3. The number of ether oxygens (including phenoxy) is 2. The maximum Gasteiger partial charge on any atom is 0.255 e. The number of benzene rings is 2. The van der Waals surface area contributed by atoms with Gasteiger partial charge in [-0.3, -0.25) is 4.79 Å². The average molecular weight is 320 g/mol. The fourth-order valence-electron chi connectivity index (χ4n) is 2.05. The van der Waals surface area contributed by atoms with E-state index in [9.17, 15) is 4.79 Å². The summed E-state index contributed by atoms with van der Waals surface area (Å²) in [5.41, 5.74) is 1.37. The largest absolute Gasteiger partial charge is 0.496 e. The van der Waals surface area contributed by atoms with Gasteiger partial charge in [0.2, 0.25) is 0 Å². The number of carbonyl (C=O) groups excluding carboxylic acids is 1. The first-order valence-electron chi connectivity index (χ1n) is 6.97. The summed E-state index contributed by atoms with van der Waals surface area (Å²) in [6.45, 7) is 2.94. The van der Waals surface area contributed by atoms with Crippen LogP contribution in [0.25, 0.3) is 0 Å². The second-order valence-electron chi connectivity index (χ2n) is 4.61. The smallest absolute Gasteiger partial charge is 0.255 e. The lowest BCUT2D eigenvalue weighted by atomic mass is 10.1. The van der Waals surface area contributed by atoms with Crippen LogP contribution in [0.1, 0.15) is 22.8 Å². The highest BCUT2D eigenvalue weighted by molar-refractivity contribution is 6.31. The Morgan fingerprint density at radius 2 is 2.05 bits per heavy atom. The number of hydrogen-bond acceptors (Lipinski definition) is 3. The summed E-state index contributed by atoms with van der Waals surface area (Å²) >= 11 is 5.94. The van der Waals surface area contributed by atoms with E-state index in [1.807, 2.05) is 31.2 Å². The third-order valence-electron chi connectivity index (χ3n) is 3.07. The van der Waals surface area contributed by atoms with E-state index < -0.39 is 0 Å². The summed E-state index contributed by atoms with van der Waals surface area (Å²) in [7, 11) is 1.52. The van der Waals surface area contributed by atoms with Gasteiger partial charge >= 0.3 is 0 Å². The molecule has 5 heteroatoms. The molecule has 2 aromatic rings. The molecule has 116 valence electrons. The quantitative estimate of drug-likeness (QED) is 0.883. The van der Waals surface area contributed by atoms with Gasteiger partial charge in [0.05, 0.1) is 19.3 Å². The van der Waals surface area contributed by atoms with E-state index >= 15 is 0 Å². The number of methoxy groups -OCH3 is 1. The van der Waals surface area contributed by atoms with E-state index in [0.717, 1.165) is 11.3 Å². The average Bonchev–Trinajstić information content (AvgIpc) is 2.53. The molecule has 0 bridgehead atoms. The van der Waals surface area contributed by atoms with Crippen LogP contribution in [0.5, 0.6) is 11.5 Å². The maximum atomic E-state index is 12.3. The molecule has 0 saturated carbocycles. The Balaban J connectivity index is 2.07. The molecule has 0 aliphatic rings. The highest BCUT2D eigenvalue weighted by atomic mass is 35.5. The summed E-state index contributed by atoms with van der Waals surface area (Å²) in [5.74, 6) is 1.04. The molecular formula is C17H18ClNO3. The third kappa shape index (κ3) is 4.15. The first-order chi connectivity index (χ1) is 10.6. The molecule has 0 aromatic heterocycles. The molecule has 1 amide bonds. The minimum atomic E-state index is -0.235. The maximum absolute atomic E-state index is 12.3. The molecule has 0 spiro atoms. The fraction of sp³-hybridized carbons (Fsp3) is 0.235. The van der Waals surface area contributed by atoms with Crippen LogP contribution in [0.4, 0.5) is 0 Å². The highest BCUT2D eigenvalue weighted by Crippen LogP contribution is 2.22. The lowest BCUT2D eigenvalue weighted by molar-refractivity contribution is 0.0948. The van der Waals surface area contributed by atoms with Gasteiger partial charge in [0, 0.05) is 11.6 Å². The molecule has 2 rings (SSSR count). The van der Waals surface area contributed by atoms with Gasteiger partial charge in [-0.25, -0.2) is 0 Å². The van der Waals surface area contributed by atoms with Gasteiger partial charge in [-0.1, -0.05) is 23.7 Å². The van der Waals surface area contributed by atoms with E-state index in [0.29, 0.717) is 29.5 Å². The van der Waals surface area contributed by atoms with E-state index in [1.165, 1.54) is 7.11 Å². The Hall–Kier alpha value is -2.20. The van der Waals surface area contributed by atoms with Gasteiger partial charge in [0.15, 0.2) is 0 Å². The molecule has 0 saturated heterocycles. The van der Waals surface area contributed by atoms with Crippen molar-refractivity contribution < 1.29 is 14.3 Å². The van der Waals surface area contributed by atoms with Crippen molar-refractivity contribution in [2.24, 2.45) is 0 Å². The van der Waals surface area contributed by atoms with Crippen molar-refractivity contribution >= 4 is 17.5 Å². The van der Waals surface area contributed by atoms with Crippen LogP contribution in [-0.2, 0) is 6.54 Å². The van der Waals surface area contributed by atoms with Crippen LogP contribution in [-0.4, -0.2) is 19.6 Å². The Bertz CT molecular complexity index is 658. The van der Waals surface area contributed by atoms with E-state index in [1.54, 1.807) is 18.2 Å². The Labute approximate surface area is 135 Å².